The zero-order valence-electron chi connectivity index (χ0n) is 16.7. The first-order chi connectivity index (χ1) is 14.5. The standard InChI is InChI=1S/C24H21N5O/c1-16-7-8-21(30-16)22-20-13-29(12-17-5-3-2-4-6-17)10-9-18(20)19(11-25)23(28)24(22,14-26)15-27/h2-9,20,22H,10,12-13,28H2,1H3/t20-,22+/m1/s1. The van der Waals surface area contributed by atoms with Crippen molar-refractivity contribution in [1.82, 2.24) is 4.90 Å². The van der Waals surface area contributed by atoms with Crippen LogP contribution < -0.4 is 5.73 Å². The lowest BCUT2D eigenvalue weighted by atomic mass is 9.59. The maximum atomic E-state index is 10.1. The number of nitrogens with two attached hydrogens (primary N) is 1. The number of furan rings is 1. The number of fused-ring (bicyclic) bond motifs is 1. The molecule has 0 spiro atoms. The smallest absolute Gasteiger partial charge is 0.194 e. The molecule has 148 valence electrons. The van der Waals surface area contributed by atoms with Gasteiger partial charge in [0.15, 0.2) is 5.41 Å². The molecule has 1 aliphatic carbocycles. The molecule has 2 N–H and O–H groups in total. The number of hydrogen-bond acceptors (Lipinski definition) is 6. The minimum atomic E-state index is -1.66. The van der Waals surface area contributed by atoms with Gasteiger partial charge >= 0.3 is 0 Å². The first kappa shape index (κ1) is 19.5. The van der Waals surface area contributed by atoms with E-state index in [4.69, 9.17) is 10.2 Å². The molecule has 1 aliphatic heterocycles. The number of nitriles is 3. The van der Waals surface area contributed by atoms with Crippen molar-refractivity contribution in [3.8, 4) is 18.2 Å². The second kappa shape index (κ2) is 7.56. The third kappa shape index (κ3) is 2.98. The minimum absolute atomic E-state index is 0.0214. The van der Waals surface area contributed by atoms with Crippen molar-refractivity contribution in [1.29, 1.82) is 15.8 Å². The maximum Gasteiger partial charge on any atom is 0.194 e. The molecule has 6 nitrogen and oxygen atoms in total. The molecule has 2 aliphatic rings. The summed E-state index contributed by atoms with van der Waals surface area (Å²) < 4.78 is 5.89. The Kier molecular flexibility index (Phi) is 4.92. The van der Waals surface area contributed by atoms with E-state index in [-0.39, 0.29) is 17.2 Å². The Balaban J connectivity index is 1.83. The predicted octanol–water partition coefficient (Wildman–Crippen LogP) is 3.51. The molecule has 4 rings (SSSR count). The summed E-state index contributed by atoms with van der Waals surface area (Å²) in [6.07, 6.45) is 2.00. The second-order valence-electron chi connectivity index (χ2n) is 7.80. The Hall–Kier alpha value is -3.79. The monoisotopic (exact) mass is 395 g/mol. The molecule has 0 unspecified atom stereocenters. The van der Waals surface area contributed by atoms with Crippen LogP contribution in [-0.2, 0) is 6.54 Å². The number of hydrogen-bond donors (Lipinski definition) is 1. The van der Waals surface area contributed by atoms with E-state index < -0.39 is 11.3 Å². The topological polar surface area (TPSA) is 114 Å². The Bertz CT molecular complexity index is 1140. The summed E-state index contributed by atoms with van der Waals surface area (Å²) in [5, 5.41) is 30.0. The Morgan fingerprint density at radius 1 is 1.13 bits per heavy atom. The molecule has 2 aromatic rings. The van der Waals surface area contributed by atoms with E-state index in [1.54, 1.807) is 0 Å². The number of nitrogens with zero attached hydrogens (tertiary/aromatic N) is 4. The van der Waals surface area contributed by atoms with E-state index >= 15 is 0 Å². The Morgan fingerprint density at radius 3 is 2.47 bits per heavy atom. The van der Waals surface area contributed by atoms with Crippen LogP contribution in [0.25, 0.3) is 0 Å². The van der Waals surface area contributed by atoms with Crippen LogP contribution in [0.1, 0.15) is 23.0 Å². The van der Waals surface area contributed by atoms with Gasteiger partial charge in [-0.25, -0.2) is 0 Å². The van der Waals surface area contributed by atoms with Crippen molar-refractivity contribution >= 4 is 0 Å². The van der Waals surface area contributed by atoms with Crippen LogP contribution in [0, 0.1) is 52.2 Å². The number of aryl methyl sites for hydroxylation is 1. The van der Waals surface area contributed by atoms with Crippen LogP contribution in [-0.4, -0.2) is 18.0 Å². The van der Waals surface area contributed by atoms with Gasteiger partial charge in [0.05, 0.1) is 29.3 Å². The van der Waals surface area contributed by atoms with Crippen LogP contribution >= 0.6 is 0 Å². The number of allylic oxidation sites excluding steroid dienone is 2. The molecular formula is C24H21N5O. The van der Waals surface area contributed by atoms with Gasteiger partial charge in [-0.1, -0.05) is 36.4 Å². The summed E-state index contributed by atoms with van der Waals surface area (Å²) in [5.41, 5.74) is 6.90. The summed E-state index contributed by atoms with van der Waals surface area (Å²) >= 11 is 0. The SMILES string of the molecule is Cc1ccc([C@@H]2[C@@H]3CN(Cc4ccccc4)CC=C3C(C#N)=C(N)C2(C#N)C#N)o1. The van der Waals surface area contributed by atoms with Gasteiger partial charge in [-0.05, 0) is 30.2 Å². The van der Waals surface area contributed by atoms with Gasteiger partial charge in [-0.15, -0.1) is 0 Å². The number of rotatable bonds is 3. The lowest BCUT2D eigenvalue weighted by molar-refractivity contribution is 0.187. The fraction of sp³-hybridized carbons (Fsp3) is 0.292. The van der Waals surface area contributed by atoms with Gasteiger partial charge in [0, 0.05) is 25.6 Å². The molecule has 0 amide bonds. The zero-order valence-corrected chi connectivity index (χ0v) is 16.7. The molecular weight excluding hydrogens is 374 g/mol. The lowest BCUT2D eigenvalue weighted by Crippen LogP contribution is -2.47. The molecule has 0 fully saturated rings. The first-order valence-corrected chi connectivity index (χ1v) is 9.80. The highest BCUT2D eigenvalue weighted by molar-refractivity contribution is 5.58. The highest BCUT2D eigenvalue weighted by Crippen LogP contribution is 2.54. The van der Waals surface area contributed by atoms with E-state index in [9.17, 15) is 15.8 Å². The lowest BCUT2D eigenvalue weighted by Gasteiger charge is -2.44. The second-order valence-corrected chi connectivity index (χ2v) is 7.80. The highest BCUT2D eigenvalue weighted by atomic mass is 16.3. The molecule has 1 aromatic heterocycles. The van der Waals surface area contributed by atoms with Crippen molar-refractivity contribution in [2.24, 2.45) is 17.1 Å². The summed E-state index contributed by atoms with van der Waals surface area (Å²) in [4.78, 5) is 2.25. The van der Waals surface area contributed by atoms with Crippen LogP contribution in [0.4, 0.5) is 0 Å². The van der Waals surface area contributed by atoms with Gasteiger partial charge < -0.3 is 10.2 Å². The third-order valence-electron chi connectivity index (χ3n) is 6.06. The van der Waals surface area contributed by atoms with Crippen LogP contribution in [0.3, 0.4) is 0 Å². The van der Waals surface area contributed by atoms with E-state index in [0.717, 1.165) is 12.1 Å². The first-order valence-electron chi connectivity index (χ1n) is 9.80. The molecule has 30 heavy (non-hydrogen) atoms. The van der Waals surface area contributed by atoms with Gasteiger partial charge in [-0.2, -0.15) is 15.8 Å². The number of benzene rings is 1. The van der Waals surface area contributed by atoms with Gasteiger partial charge in [0.25, 0.3) is 0 Å². The van der Waals surface area contributed by atoms with E-state index in [1.807, 2.05) is 43.3 Å². The molecule has 0 saturated carbocycles. The highest BCUT2D eigenvalue weighted by Gasteiger charge is 2.55. The largest absolute Gasteiger partial charge is 0.466 e. The summed E-state index contributed by atoms with van der Waals surface area (Å²) in [7, 11) is 0. The summed E-state index contributed by atoms with van der Waals surface area (Å²) in [6.45, 7) is 3.81. The maximum absolute atomic E-state index is 10.1. The van der Waals surface area contributed by atoms with Crippen molar-refractivity contribution in [2.45, 2.75) is 19.4 Å². The predicted molar refractivity (Wildman–Crippen MR) is 110 cm³/mol. The van der Waals surface area contributed by atoms with E-state index in [1.165, 1.54) is 5.56 Å². The third-order valence-corrected chi connectivity index (χ3v) is 6.06. The van der Waals surface area contributed by atoms with E-state index in [2.05, 4.69) is 35.2 Å². The molecule has 2 atom stereocenters. The Morgan fingerprint density at radius 2 is 1.87 bits per heavy atom. The fourth-order valence-electron chi connectivity index (χ4n) is 4.64. The minimum Gasteiger partial charge on any atom is -0.466 e. The zero-order chi connectivity index (χ0) is 21.3. The molecule has 0 saturated heterocycles. The van der Waals surface area contributed by atoms with Gasteiger partial charge in [0.1, 0.15) is 17.6 Å². The van der Waals surface area contributed by atoms with Gasteiger partial charge in [0.2, 0.25) is 0 Å². The van der Waals surface area contributed by atoms with Crippen LogP contribution in [0.2, 0.25) is 0 Å². The van der Waals surface area contributed by atoms with Crippen LogP contribution in [0.5, 0.6) is 0 Å². The fourth-order valence-corrected chi connectivity index (χ4v) is 4.64. The van der Waals surface area contributed by atoms with Crippen molar-refractivity contribution in [3.63, 3.8) is 0 Å². The molecule has 0 bridgehead atoms. The van der Waals surface area contributed by atoms with Crippen LogP contribution in [0.15, 0.2) is 69.8 Å². The van der Waals surface area contributed by atoms with Gasteiger partial charge in [-0.3, -0.25) is 4.90 Å². The quantitative estimate of drug-likeness (QED) is 0.850. The molecule has 2 heterocycles. The normalized spacial score (nSPS) is 22.9. The summed E-state index contributed by atoms with van der Waals surface area (Å²) in [5.74, 6) is 0.399. The summed E-state index contributed by atoms with van der Waals surface area (Å²) in [6, 6.07) is 20.2. The van der Waals surface area contributed by atoms with E-state index in [0.29, 0.717) is 24.6 Å². The average molecular weight is 395 g/mol. The molecule has 6 heteroatoms. The van der Waals surface area contributed by atoms with Crippen molar-refractivity contribution in [3.05, 3.63) is 82.5 Å². The molecule has 1 aromatic carbocycles. The van der Waals surface area contributed by atoms with Crippen molar-refractivity contribution < 1.29 is 4.42 Å². The van der Waals surface area contributed by atoms with Crippen molar-refractivity contribution in [2.75, 3.05) is 13.1 Å². The average Bonchev–Trinajstić information content (AvgIpc) is 3.19. The Labute approximate surface area is 175 Å². The molecule has 0 radical (unpaired) electrons.